The van der Waals surface area contributed by atoms with Gasteiger partial charge in [-0.2, -0.15) is 0 Å². The van der Waals surface area contributed by atoms with Gasteiger partial charge < -0.3 is 30.5 Å². The Labute approximate surface area is 234 Å². The Morgan fingerprint density at radius 3 is 2.49 bits per heavy atom. The van der Waals surface area contributed by atoms with E-state index in [4.69, 9.17) is 4.74 Å². The first-order chi connectivity index (χ1) is 19.0. The molecule has 2 amide bonds. The number of anilines is 2. The van der Waals surface area contributed by atoms with Gasteiger partial charge >= 0.3 is 6.03 Å². The monoisotopic (exact) mass is 554 g/mol. The summed E-state index contributed by atoms with van der Waals surface area (Å²) in [5.74, 6) is 0.830. The van der Waals surface area contributed by atoms with E-state index in [1.165, 1.54) is 12.8 Å². The molecule has 0 aromatic heterocycles. The van der Waals surface area contributed by atoms with Crippen molar-refractivity contribution in [2.24, 2.45) is 0 Å². The van der Waals surface area contributed by atoms with Crippen molar-refractivity contribution in [3.63, 3.8) is 0 Å². The predicted molar refractivity (Wildman–Crippen MR) is 159 cm³/mol. The van der Waals surface area contributed by atoms with Crippen molar-refractivity contribution in [1.82, 2.24) is 10.6 Å². The topological polar surface area (TPSA) is 112 Å². The average molecular weight is 555 g/mol. The Bertz CT molecular complexity index is 1090. The largest absolute Gasteiger partial charge is 0.491 e. The molecule has 2 unspecified atom stereocenters. The van der Waals surface area contributed by atoms with Crippen molar-refractivity contribution in [3.8, 4) is 0 Å². The van der Waals surface area contributed by atoms with Gasteiger partial charge in [0.15, 0.2) is 0 Å². The highest BCUT2D eigenvalue weighted by Crippen LogP contribution is 2.17. The number of carbonyl (C=O) groups excluding carboxylic acids is 1. The van der Waals surface area contributed by atoms with Crippen molar-refractivity contribution in [3.05, 3.63) is 78.1 Å². The number of aliphatic hydroxyl groups is 1. The molecule has 2 aromatic rings. The number of carbonyl (C=O) groups is 1. The van der Waals surface area contributed by atoms with E-state index in [-0.39, 0.29) is 12.6 Å². The Morgan fingerprint density at radius 1 is 1.00 bits per heavy atom. The third-order valence-electron chi connectivity index (χ3n) is 6.18. The molecule has 0 saturated heterocycles. The lowest BCUT2D eigenvalue weighted by Crippen LogP contribution is -2.31. The van der Waals surface area contributed by atoms with Crippen molar-refractivity contribution in [2.75, 3.05) is 36.3 Å². The molecule has 2 aromatic carbocycles. The number of hydrogen-bond donors (Lipinski definition) is 5. The number of amides is 2. The first kappa shape index (κ1) is 30.4. The highest BCUT2D eigenvalue weighted by atomic mass is 32.2. The summed E-state index contributed by atoms with van der Waals surface area (Å²) in [6.07, 6.45) is 12.8. The lowest BCUT2D eigenvalue weighted by Gasteiger charge is -2.15. The Hall–Kier alpha value is -3.14. The van der Waals surface area contributed by atoms with Crippen molar-refractivity contribution >= 4 is 28.4 Å². The molecule has 0 radical (unpaired) electrons. The summed E-state index contributed by atoms with van der Waals surface area (Å²) < 4.78 is 21.4. The highest BCUT2D eigenvalue weighted by molar-refractivity contribution is 7.86. The van der Waals surface area contributed by atoms with Gasteiger partial charge in [0, 0.05) is 24.5 Å². The lowest BCUT2D eigenvalue weighted by molar-refractivity contribution is 0.0749. The Balaban J connectivity index is 1.32. The van der Waals surface area contributed by atoms with Gasteiger partial charge in [-0.1, -0.05) is 44.4 Å². The first-order valence-electron chi connectivity index (χ1n) is 13.8. The van der Waals surface area contributed by atoms with Gasteiger partial charge in [-0.25, -0.2) is 9.00 Å². The Morgan fingerprint density at radius 2 is 1.77 bits per heavy atom. The zero-order chi connectivity index (χ0) is 27.7. The van der Waals surface area contributed by atoms with Gasteiger partial charge in [0.1, 0.15) is 29.5 Å². The minimum absolute atomic E-state index is 0.232. The van der Waals surface area contributed by atoms with Gasteiger partial charge in [-0.15, -0.1) is 0 Å². The fourth-order valence-corrected chi connectivity index (χ4v) is 4.80. The van der Waals surface area contributed by atoms with E-state index in [2.05, 4.69) is 33.7 Å². The maximum absolute atomic E-state index is 12.7. The summed E-state index contributed by atoms with van der Waals surface area (Å²) in [6, 6.07) is 14.5. The highest BCUT2D eigenvalue weighted by Gasteiger charge is 2.08. The van der Waals surface area contributed by atoms with Crippen molar-refractivity contribution in [2.45, 2.75) is 62.9 Å². The second kappa shape index (κ2) is 17.4. The van der Waals surface area contributed by atoms with Crippen molar-refractivity contribution < 1.29 is 18.8 Å². The summed E-state index contributed by atoms with van der Waals surface area (Å²) in [7, 11) is -1.42. The summed E-state index contributed by atoms with van der Waals surface area (Å²) in [5.41, 5.74) is 2.55. The first-order valence-corrected chi connectivity index (χ1v) is 15.0. The van der Waals surface area contributed by atoms with E-state index in [0.29, 0.717) is 23.7 Å². The van der Waals surface area contributed by atoms with E-state index >= 15 is 0 Å². The Kier molecular flexibility index (Phi) is 13.6. The van der Waals surface area contributed by atoms with Gasteiger partial charge in [0.2, 0.25) is 0 Å². The molecule has 9 heteroatoms. The summed E-state index contributed by atoms with van der Waals surface area (Å²) in [4.78, 5) is 12.6. The molecule has 0 spiro atoms. The quantitative estimate of drug-likeness (QED) is 0.171. The van der Waals surface area contributed by atoms with Crippen LogP contribution in [0.25, 0.3) is 0 Å². The molecule has 39 heavy (non-hydrogen) atoms. The summed E-state index contributed by atoms with van der Waals surface area (Å²) in [5, 5.41) is 19.0. The van der Waals surface area contributed by atoms with Crippen LogP contribution in [0.1, 0.15) is 51.0 Å². The van der Waals surface area contributed by atoms with Crippen LogP contribution in [0.2, 0.25) is 0 Å². The normalized spacial score (nSPS) is 14.3. The molecule has 0 saturated carbocycles. The average Bonchev–Trinajstić information content (AvgIpc) is 2.96. The molecule has 0 fully saturated rings. The second-order valence-corrected chi connectivity index (χ2v) is 10.8. The third kappa shape index (κ3) is 12.1. The minimum Gasteiger partial charge on any atom is -0.491 e. The molecule has 5 N–H and O–H groups in total. The fourth-order valence-electron chi connectivity index (χ4n) is 3.95. The van der Waals surface area contributed by atoms with E-state index in [1.807, 2.05) is 36.4 Å². The molecule has 8 nitrogen and oxygen atoms in total. The van der Waals surface area contributed by atoms with Crippen LogP contribution in [0.4, 0.5) is 16.2 Å². The maximum Gasteiger partial charge on any atom is 0.319 e. The van der Waals surface area contributed by atoms with Gasteiger partial charge in [-0.05, 0) is 86.3 Å². The zero-order valence-electron chi connectivity index (χ0n) is 22.8. The number of unbranched alkanes of at least 4 members (excludes halogenated alkanes) is 3. The standard InChI is InChI=1S/C30H42N4O4S/c1-2-3-4-8-20-32-30(36)33-25-15-17-29(18-16-25)39(37)34-26-13-11-24(12-14-26)19-21-31-22-27(35)23-38-28-9-6-5-7-10-28/h6,9-18,27,31,34-35H,2-5,7-8,19-23H2,1H3,(H2,32,33,36). The molecule has 3 rings (SSSR count). The molecular formula is C30H42N4O4S. The molecule has 212 valence electrons. The maximum atomic E-state index is 12.7. The number of hydrogen-bond acceptors (Lipinski definition) is 5. The summed E-state index contributed by atoms with van der Waals surface area (Å²) in [6.45, 7) is 4.28. The zero-order valence-corrected chi connectivity index (χ0v) is 23.6. The van der Waals surface area contributed by atoms with Crippen LogP contribution in [-0.4, -0.2) is 47.7 Å². The minimum atomic E-state index is -1.42. The number of aliphatic hydroxyl groups excluding tert-OH is 1. The van der Waals surface area contributed by atoms with Gasteiger partial charge in [0.05, 0.1) is 4.90 Å². The molecule has 2 atom stereocenters. The second-order valence-electron chi connectivity index (χ2n) is 9.54. The molecule has 1 aliphatic carbocycles. The van der Waals surface area contributed by atoms with E-state index < -0.39 is 17.1 Å². The molecule has 0 bridgehead atoms. The third-order valence-corrected chi connectivity index (χ3v) is 7.30. The van der Waals surface area contributed by atoms with Crippen LogP contribution in [0, 0.1) is 0 Å². The van der Waals surface area contributed by atoms with Crippen LogP contribution < -0.4 is 20.7 Å². The smallest absolute Gasteiger partial charge is 0.319 e. The predicted octanol–water partition coefficient (Wildman–Crippen LogP) is 5.27. The number of allylic oxidation sites excluding steroid dienone is 3. The van der Waals surface area contributed by atoms with Crippen LogP contribution in [0.3, 0.4) is 0 Å². The van der Waals surface area contributed by atoms with E-state index in [9.17, 15) is 14.1 Å². The van der Waals surface area contributed by atoms with E-state index in [1.54, 1.807) is 24.3 Å². The van der Waals surface area contributed by atoms with Crippen molar-refractivity contribution in [1.29, 1.82) is 0 Å². The number of benzene rings is 2. The van der Waals surface area contributed by atoms with Gasteiger partial charge in [0.25, 0.3) is 0 Å². The SMILES string of the molecule is CCCCCCNC(=O)Nc1ccc(S(=O)Nc2ccc(CCNCC(O)COC3=CCCC=C3)cc2)cc1. The molecule has 1 aliphatic rings. The number of ether oxygens (including phenoxy) is 1. The van der Waals surface area contributed by atoms with E-state index in [0.717, 1.165) is 55.7 Å². The fraction of sp³-hybridized carbons (Fsp3) is 0.433. The lowest BCUT2D eigenvalue weighted by atomic mass is 10.1. The molecule has 0 heterocycles. The number of nitrogens with one attached hydrogen (secondary N) is 4. The van der Waals surface area contributed by atoms with Gasteiger partial charge in [-0.3, -0.25) is 0 Å². The molecule has 0 aliphatic heterocycles. The summed E-state index contributed by atoms with van der Waals surface area (Å²) >= 11 is 0. The van der Waals surface area contributed by atoms with Crippen LogP contribution >= 0.6 is 0 Å². The van der Waals surface area contributed by atoms with Crippen LogP contribution in [0.5, 0.6) is 0 Å². The number of rotatable bonds is 17. The molecular weight excluding hydrogens is 512 g/mol. The van der Waals surface area contributed by atoms with Crippen LogP contribution in [0.15, 0.2) is 77.4 Å². The number of urea groups is 1. The van der Waals surface area contributed by atoms with Crippen LogP contribution in [-0.2, 0) is 22.1 Å².